The number of hydrogen-bond donors (Lipinski definition) is 10. The van der Waals surface area contributed by atoms with Crippen LogP contribution in [0.25, 0.3) is 32.3 Å². The van der Waals surface area contributed by atoms with Crippen LogP contribution in [0.15, 0.2) is 173 Å². The fourth-order valence-corrected chi connectivity index (χ4v) is 10.7. The van der Waals surface area contributed by atoms with E-state index in [1.807, 2.05) is 0 Å². The standard InChI is InChI=1S/C43H31N9O22S6/c1-68-24-9-11-27(29(18-24)75-72-69-56)47-52-40-34(80(65,66)67)15-19-6-7-23(17-26(19)42(40)54)46-51-39-33(79(62,63)64)16-21-14-31(77-74-71-58)38(43(55)35(21)36(39)44)49-45-22-8-10-25-20(12-22)13-30(76-73-70-57)37(41(25)53)50-48-28-4-2-3-5-32(28)78(59,60)61/h2-18,53-58H,44H2,1H3,(H,59,60,61)(H,62,63,64)(H,65,66,67). The Labute approximate surface area is 459 Å². The normalized spacial score (nSPS) is 12.7. The molecule has 0 aliphatic carbocycles. The van der Waals surface area contributed by atoms with Crippen molar-refractivity contribution in [1.82, 2.24) is 0 Å². The van der Waals surface area contributed by atoms with E-state index in [1.165, 1.54) is 79.9 Å². The highest BCUT2D eigenvalue weighted by atomic mass is 32.2. The molecule has 0 atom stereocenters. The third-order valence-electron chi connectivity index (χ3n) is 10.8. The molecule has 31 nitrogen and oxygen atoms in total. The van der Waals surface area contributed by atoms with Gasteiger partial charge in [0.2, 0.25) is 0 Å². The maximum Gasteiger partial charge on any atom is 0.296 e. The number of anilines is 1. The summed E-state index contributed by atoms with van der Waals surface area (Å²) in [5.41, 5.74) is 3.08. The van der Waals surface area contributed by atoms with Crippen molar-refractivity contribution in [2.45, 2.75) is 29.4 Å². The second-order valence-corrected chi connectivity index (χ2v) is 21.9. The minimum Gasteiger partial charge on any atom is -0.505 e. The second kappa shape index (κ2) is 24.4. The van der Waals surface area contributed by atoms with Crippen molar-refractivity contribution < 1.29 is 103 Å². The van der Waals surface area contributed by atoms with Crippen molar-refractivity contribution in [3.63, 3.8) is 0 Å². The van der Waals surface area contributed by atoms with Crippen molar-refractivity contribution in [3.05, 3.63) is 103 Å². The Morgan fingerprint density at radius 3 is 1.60 bits per heavy atom. The molecule has 0 aliphatic heterocycles. The average molecular weight is 1220 g/mol. The van der Waals surface area contributed by atoms with Gasteiger partial charge in [-0.2, -0.15) is 35.5 Å². The zero-order valence-corrected chi connectivity index (χ0v) is 44.2. The number of azo groups is 4. The van der Waals surface area contributed by atoms with Crippen LogP contribution >= 0.6 is 36.1 Å². The number of aromatic hydroxyl groups is 3. The third kappa shape index (κ3) is 12.8. The van der Waals surface area contributed by atoms with Gasteiger partial charge < -0.3 is 25.8 Å². The summed E-state index contributed by atoms with van der Waals surface area (Å²) in [6, 6.07) is 21.1. The van der Waals surface area contributed by atoms with E-state index in [0.29, 0.717) is 29.8 Å². The zero-order valence-electron chi connectivity index (χ0n) is 39.3. The SMILES string of the molecule is COc1ccc(N=Nc2c(S(=O)(=O)O)cc3ccc(N=Nc4c(S(=O)(=O)O)cc5cc(SOOO)c(N=Nc6ccc7c(O)c(N=Nc8ccccc8S(=O)(=O)O)c(SOOO)cc7c6)c(O)c5c4N)cc3c2O)c(SOOO)c1. The van der Waals surface area contributed by atoms with Crippen LogP contribution in [0.5, 0.6) is 23.0 Å². The van der Waals surface area contributed by atoms with Crippen LogP contribution in [0.3, 0.4) is 0 Å². The number of benzene rings is 8. The summed E-state index contributed by atoms with van der Waals surface area (Å²) < 4.78 is 124. The Balaban J connectivity index is 1.20. The lowest BCUT2D eigenvalue weighted by Gasteiger charge is -2.14. The van der Waals surface area contributed by atoms with Crippen LogP contribution in [0.1, 0.15) is 0 Å². The first-order valence-electron chi connectivity index (χ1n) is 21.1. The molecule has 80 heavy (non-hydrogen) atoms. The van der Waals surface area contributed by atoms with Gasteiger partial charge in [0.05, 0.1) is 80.4 Å². The van der Waals surface area contributed by atoms with Gasteiger partial charge in [-0.05, 0) is 101 Å². The maximum atomic E-state index is 12.9. The van der Waals surface area contributed by atoms with Crippen LogP contribution in [-0.4, -0.2) is 77.1 Å². The number of fused-ring (bicyclic) bond motifs is 3. The van der Waals surface area contributed by atoms with E-state index in [-0.39, 0.29) is 87.5 Å². The number of methoxy groups -OCH3 is 1. The first-order chi connectivity index (χ1) is 38.1. The van der Waals surface area contributed by atoms with Gasteiger partial charge in [0.1, 0.15) is 54.6 Å². The molecule has 0 amide bonds. The molecule has 8 rings (SSSR count). The number of ether oxygens (including phenoxy) is 1. The van der Waals surface area contributed by atoms with Crippen molar-refractivity contribution in [2.24, 2.45) is 40.9 Å². The molecule has 0 unspecified atom stereocenters. The van der Waals surface area contributed by atoms with Crippen molar-refractivity contribution >= 4 is 150 Å². The quantitative estimate of drug-likeness (QED) is 0.00797. The second-order valence-electron chi connectivity index (χ2n) is 15.5. The summed E-state index contributed by atoms with van der Waals surface area (Å²) in [7, 11) is -13.7. The molecule has 416 valence electrons. The summed E-state index contributed by atoms with van der Waals surface area (Å²) in [5.74, 6) is -1.94. The van der Waals surface area contributed by atoms with E-state index in [0.717, 1.165) is 30.3 Å². The molecule has 0 spiro atoms. The van der Waals surface area contributed by atoms with E-state index in [9.17, 15) is 54.2 Å². The lowest BCUT2D eigenvalue weighted by molar-refractivity contribution is -0.432. The van der Waals surface area contributed by atoms with Gasteiger partial charge in [0, 0.05) is 10.8 Å². The van der Waals surface area contributed by atoms with Gasteiger partial charge >= 0.3 is 0 Å². The third-order valence-corrected chi connectivity index (χ3v) is 15.3. The highest BCUT2D eigenvalue weighted by Gasteiger charge is 2.27. The Hall–Kier alpha value is -7.64. The molecule has 0 bridgehead atoms. The summed E-state index contributed by atoms with van der Waals surface area (Å²) in [5, 5.41) is 104. The molecule has 0 saturated carbocycles. The highest BCUT2D eigenvalue weighted by molar-refractivity contribution is 7.95. The predicted octanol–water partition coefficient (Wildman–Crippen LogP) is 12.5. The van der Waals surface area contributed by atoms with Gasteiger partial charge in [-0.15, -0.1) is 43.7 Å². The van der Waals surface area contributed by atoms with E-state index in [4.69, 9.17) is 26.2 Å². The molecule has 0 heterocycles. The number of nitrogens with zero attached hydrogens (tertiary/aromatic N) is 8. The predicted molar refractivity (Wildman–Crippen MR) is 279 cm³/mol. The number of phenols is 3. The first kappa shape index (κ1) is 58.5. The van der Waals surface area contributed by atoms with Crippen molar-refractivity contribution in [2.75, 3.05) is 12.8 Å². The minimum absolute atomic E-state index is 0.00706. The van der Waals surface area contributed by atoms with Gasteiger partial charge in [-0.1, -0.05) is 33.3 Å². The van der Waals surface area contributed by atoms with E-state index >= 15 is 0 Å². The highest BCUT2D eigenvalue weighted by Crippen LogP contribution is 2.51. The average Bonchev–Trinajstić information content (AvgIpc) is 3.41. The maximum absolute atomic E-state index is 12.9. The van der Waals surface area contributed by atoms with Crippen LogP contribution in [-0.2, 0) is 58.5 Å². The fraction of sp³-hybridized carbons (Fsp3) is 0.0233. The van der Waals surface area contributed by atoms with Crippen LogP contribution < -0.4 is 10.5 Å². The zero-order chi connectivity index (χ0) is 57.7. The van der Waals surface area contributed by atoms with E-state index in [2.05, 4.69) is 69.0 Å². The molecule has 0 fully saturated rings. The van der Waals surface area contributed by atoms with Gasteiger partial charge in [-0.3, -0.25) is 13.7 Å². The molecule has 8 aromatic rings. The summed E-state index contributed by atoms with van der Waals surface area (Å²) in [6.07, 6.45) is 0. The Bertz CT molecular complexity index is 4250. The molecule has 0 aliphatic rings. The topological polar surface area (TPSA) is 474 Å². The number of phenolic OH excluding ortho intramolecular Hbond substituents is 3. The molecule has 8 aromatic carbocycles. The number of rotatable bonds is 21. The minimum atomic E-state index is -5.24. The molecule has 11 N–H and O–H groups in total. The van der Waals surface area contributed by atoms with Crippen LogP contribution in [0.4, 0.5) is 51.2 Å². The summed E-state index contributed by atoms with van der Waals surface area (Å²) in [6.45, 7) is 0. The van der Waals surface area contributed by atoms with Crippen molar-refractivity contribution in [3.8, 4) is 23.0 Å². The largest absolute Gasteiger partial charge is 0.505 e. The monoisotopic (exact) mass is 1220 g/mol. The van der Waals surface area contributed by atoms with Gasteiger partial charge in [-0.25, -0.2) is 15.8 Å². The van der Waals surface area contributed by atoms with Crippen LogP contribution in [0.2, 0.25) is 0 Å². The summed E-state index contributed by atoms with van der Waals surface area (Å²) >= 11 is 1.03. The number of hydrogen-bond acceptors (Lipinski definition) is 31. The lowest BCUT2D eigenvalue weighted by Crippen LogP contribution is -2.02. The first-order valence-corrected chi connectivity index (χ1v) is 27.6. The molecule has 37 heteroatoms. The number of nitrogens with two attached hydrogens (primary N) is 1. The van der Waals surface area contributed by atoms with Gasteiger partial charge in [0.15, 0.2) is 17.2 Å². The van der Waals surface area contributed by atoms with Gasteiger partial charge in [0.25, 0.3) is 30.4 Å². The molecule has 0 saturated heterocycles. The summed E-state index contributed by atoms with van der Waals surface area (Å²) in [4.78, 5) is -2.61. The molecule has 0 radical (unpaired) electrons. The molecular weight excluding hydrogens is 1190 g/mol. The Morgan fingerprint density at radius 2 is 0.963 bits per heavy atom. The smallest absolute Gasteiger partial charge is 0.296 e. The lowest BCUT2D eigenvalue weighted by atomic mass is 10.0. The molecule has 0 aromatic heterocycles. The fourth-order valence-electron chi connectivity index (χ4n) is 7.32. The Morgan fingerprint density at radius 1 is 0.450 bits per heavy atom. The molecular formula is C43H31N9O22S6. The van der Waals surface area contributed by atoms with Crippen LogP contribution in [0, 0.1) is 0 Å². The van der Waals surface area contributed by atoms with E-state index in [1.54, 1.807) is 0 Å². The van der Waals surface area contributed by atoms with E-state index < -0.39 is 85.0 Å². The Kier molecular flexibility index (Phi) is 17.8. The number of nitrogen functional groups attached to an aromatic ring is 1. The van der Waals surface area contributed by atoms with Crippen molar-refractivity contribution in [1.29, 1.82) is 0 Å².